The van der Waals surface area contributed by atoms with Gasteiger partial charge >= 0.3 is 0 Å². The Balaban J connectivity index is 1.57. The van der Waals surface area contributed by atoms with Crippen molar-refractivity contribution in [3.05, 3.63) is 82.1 Å². The number of halogens is 1. The van der Waals surface area contributed by atoms with Crippen molar-refractivity contribution in [2.45, 2.75) is 20.0 Å². The lowest BCUT2D eigenvalue weighted by Gasteiger charge is -2.14. The third-order valence-corrected chi connectivity index (χ3v) is 5.13. The van der Waals surface area contributed by atoms with E-state index in [1.54, 1.807) is 13.3 Å². The molecule has 0 spiro atoms. The number of carbonyl (C=O) groups is 1. The largest absolute Gasteiger partial charge is 0.493 e. The zero-order valence-corrected chi connectivity index (χ0v) is 18.5. The first-order valence-electron chi connectivity index (χ1n) is 9.50. The number of hydrogen-bond donors (Lipinski definition) is 2. The highest BCUT2D eigenvalue weighted by Gasteiger charge is 2.12. The molecule has 3 rings (SSSR count). The highest BCUT2D eigenvalue weighted by Crippen LogP contribution is 2.33. The Bertz CT molecular complexity index is 979. The number of methoxy groups -OCH3 is 1. The van der Waals surface area contributed by atoms with Crippen LogP contribution in [0.25, 0.3) is 0 Å². The summed E-state index contributed by atoms with van der Waals surface area (Å²) in [5.41, 5.74) is 4.00. The van der Waals surface area contributed by atoms with Crippen LogP contribution in [-0.4, -0.2) is 24.6 Å². The number of carbonyl (C=O) groups excluding carboxylic acids is 1. The van der Waals surface area contributed by atoms with E-state index in [4.69, 9.17) is 9.47 Å². The van der Waals surface area contributed by atoms with Gasteiger partial charge < -0.3 is 20.1 Å². The minimum Gasteiger partial charge on any atom is -0.493 e. The molecule has 0 saturated heterocycles. The Labute approximate surface area is 184 Å². The second-order valence-corrected chi connectivity index (χ2v) is 7.62. The zero-order chi connectivity index (χ0) is 21.3. The molecule has 1 amide bonds. The van der Waals surface area contributed by atoms with Crippen LogP contribution in [0, 0.1) is 6.92 Å². The topological polar surface area (TPSA) is 72.5 Å². The van der Waals surface area contributed by atoms with Crippen molar-refractivity contribution >= 4 is 27.5 Å². The molecule has 2 N–H and O–H groups in total. The molecule has 30 heavy (non-hydrogen) atoms. The van der Waals surface area contributed by atoms with E-state index >= 15 is 0 Å². The molecule has 0 fully saturated rings. The van der Waals surface area contributed by atoms with E-state index in [1.165, 1.54) is 0 Å². The molecule has 0 unspecified atom stereocenters. The fraction of sp³-hybridized carbons (Fsp3) is 0.217. The summed E-state index contributed by atoms with van der Waals surface area (Å²) in [4.78, 5) is 16.3. The average molecular weight is 470 g/mol. The highest BCUT2D eigenvalue weighted by molar-refractivity contribution is 9.10. The molecule has 0 aliphatic rings. The Morgan fingerprint density at radius 2 is 1.90 bits per heavy atom. The van der Waals surface area contributed by atoms with E-state index in [0.717, 1.165) is 26.9 Å². The molecule has 7 heteroatoms. The molecular weight excluding hydrogens is 446 g/mol. The number of benzene rings is 2. The van der Waals surface area contributed by atoms with Gasteiger partial charge in [0.05, 0.1) is 7.11 Å². The normalized spacial score (nSPS) is 10.5. The van der Waals surface area contributed by atoms with Gasteiger partial charge in [0.15, 0.2) is 18.1 Å². The molecule has 2 aromatic carbocycles. The maximum absolute atomic E-state index is 12.2. The van der Waals surface area contributed by atoms with Gasteiger partial charge in [0.2, 0.25) is 0 Å². The molecule has 156 valence electrons. The predicted octanol–water partition coefficient (Wildman–Crippen LogP) is 4.47. The van der Waals surface area contributed by atoms with Gasteiger partial charge in [-0.25, -0.2) is 0 Å². The van der Waals surface area contributed by atoms with E-state index in [-0.39, 0.29) is 12.5 Å². The number of amides is 1. The first-order chi connectivity index (χ1) is 14.5. The number of hydrogen-bond acceptors (Lipinski definition) is 5. The maximum Gasteiger partial charge on any atom is 0.262 e. The fourth-order valence-electron chi connectivity index (χ4n) is 2.81. The molecule has 6 nitrogen and oxygen atoms in total. The zero-order valence-electron chi connectivity index (χ0n) is 16.9. The molecule has 0 saturated carbocycles. The van der Waals surface area contributed by atoms with Gasteiger partial charge in [0, 0.05) is 35.6 Å². The van der Waals surface area contributed by atoms with Crippen LogP contribution < -0.4 is 20.1 Å². The molecule has 0 aliphatic carbocycles. The maximum atomic E-state index is 12.2. The average Bonchev–Trinajstić information content (AvgIpc) is 2.76. The summed E-state index contributed by atoms with van der Waals surface area (Å²) in [5, 5.41) is 6.20. The summed E-state index contributed by atoms with van der Waals surface area (Å²) >= 11 is 3.58. The lowest BCUT2D eigenvalue weighted by atomic mass is 10.2. The lowest BCUT2D eigenvalue weighted by molar-refractivity contribution is -0.118. The van der Waals surface area contributed by atoms with Gasteiger partial charge in [-0.1, -0.05) is 39.7 Å². The van der Waals surface area contributed by atoms with Gasteiger partial charge in [0.25, 0.3) is 5.91 Å². The summed E-state index contributed by atoms with van der Waals surface area (Å²) in [6, 6.07) is 15.3. The van der Waals surface area contributed by atoms with Gasteiger partial charge in [-0.05, 0) is 48.4 Å². The predicted molar refractivity (Wildman–Crippen MR) is 121 cm³/mol. The van der Waals surface area contributed by atoms with E-state index < -0.39 is 0 Å². The Kier molecular flexibility index (Phi) is 7.82. The number of nitrogens with one attached hydrogen (secondary N) is 2. The van der Waals surface area contributed by atoms with Gasteiger partial charge in [0.1, 0.15) is 0 Å². The van der Waals surface area contributed by atoms with E-state index in [0.29, 0.717) is 24.6 Å². The van der Waals surface area contributed by atoms with E-state index in [1.807, 2.05) is 61.7 Å². The molecule has 1 aromatic heterocycles. The van der Waals surface area contributed by atoms with Crippen molar-refractivity contribution in [3.8, 4) is 11.5 Å². The van der Waals surface area contributed by atoms with Crippen LogP contribution in [0.5, 0.6) is 11.5 Å². The lowest BCUT2D eigenvalue weighted by Crippen LogP contribution is -2.20. The Hall–Kier alpha value is -2.90. The summed E-state index contributed by atoms with van der Waals surface area (Å²) in [6.07, 6.45) is 3.59. The molecular formula is C23H24BrN3O3. The van der Waals surface area contributed by atoms with Crippen LogP contribution in [0.2, 0.25) is 0 Å². The second kappa shape index (κ2) is 10.8. The summed E-state index contributed by atoms with van der Waals surface area (Å²) < 4.78 is 12.0. The number of rotatable bonds is 9. The van der Waals surface area contributed by atoms with Crippen LogP contribution >= 0.6 is 15.9 Å². The molecule has 0 radical (unpaired) electrons. The Morgan fingerprint density at radius 1 is 1.10 bits per heavy atom. The van der Waals surface area contributed by atoms with Crippen LogP contribution in [-0.2, 0) is 17.9 Å². The summed E-state index contributed by atoms with van der Waals surface area (Å²) in [5.74, 6) is 0.832. The quantitative estimate of drug-likeness (QED) is 0.483. The number of anilines is 1. The first kappa shape index (κ1) is 21.8. The second-order valence-electron chi connectivity index (χ2n) is 6.76. The van der Waals surface area contributed by atoms with Crippen LogP contribution in [0.1, 0.15) is 16.7 Å². The number of aryl methyl sites for hydroxylation is 1. The van der Waals surface area contributed by atoms with Crippen molar-refractivity contribution < 1.29 is 14.3 Å². The smallest absolute Gasteiger partial charge is 0.262 e. The molecule has 0 atom stereocenters. The number of ether oxygens (including phenoxy) is 2. The standard InChI is InChI=1S/C23H24BrN3O3/c1-16-5-7-19(8-6-16)27-23(28)15-30-22-11-20(24)18(10-21(22)29-2)14-26-13-17-4-3-9-25-12-17/h3-12,26H,13-15H2,1-2H3,(H,27,28). The molecule has 1 heterocycles. The summed E-state index contributed by atoms with van der Waals surface area (Å²) in [7, 11) is 1.58. The molecule has 0 aliphatic heterocycles. The van der Waals surface area contributed by atoms with Gasteiger partial charge in [-0.15, -0.1) is 0 Å². The minimum atomic E-state index is -0.237. The molecule has 0 bridgehead atoms. The summed E-state index contributed by atoms with van der Waals surface area (Å²) in [6.45, 7) is 3.23. The number of nitrogens with zero attached hydrogens (tertiary/aromatic N) is 1. The third-order valence-electron chi connectivity index (χ3n) is 4.39. The first-order valence-corrected chi connectivity index (χ1v) is 10.3. The van der Waals surface area contributed by atoms with Crippen LogP contribution in [0.3, 0.4) is 0 Å². The minimum absolute atomic E-state index is 0.116. The monoisotopic (exact) mass is 469 g/mol. The van der Waals surface area contributed by atoms with Crippen LogP contribution in [0.15, 0.2) is 65.4 Å². The SMILES string of the molecule is COc1cc(CNCc2cccnc2)c(Br)cc1OCC(=O)Nc1ccc(C)cc1. The Morgan fingerprint density at radius 3 is 2.60 bits per heavy atom. The fourth-order valence-corrected chi connectivity index (χ4v) is 3.27. The van der Waals surface area contributed by atoms with Gasteiger partial charge in [-0.2, -0.15) is 0 Å². The van der Waals surface area contributed by atoms with E-state index in [9.17, 15) is 4.79 Å². The van der Waals surface area contributed by atoms with Crippen molar-refractivity contribution in [1.29, 1.82) is 0 Å². The van der Waals surface area contributed by atoms with Gasteiger partial charge in [-0.3, -0.25) is 9.78 Å². The van der Waals surface area contributed by atoms with Crippen molar-refractivity contribution in [2.24, 2.45) is 0 Å². The number of pyridine rings is 1. The highest BCUT2D eigenvalue weighted by atomic mass is 79.9. The third kappa shape index (κ3) is 6.30. The molecule has 3 aromatic rings. The van der Waals surface area contributed by atoms with Crippen molar-refractivity contribution in [1.82, 2.24) is 10.3 Å². The van der Waals surface area contributed by atoms with E-state index in [2.05, 4.69) is 31.5 Å². The van der Waals surface area contributed by atoms with Crippen LogP contribution in [0.4, 0.5) is 5.69 Å². The van der Waals surface area contributed by atoms with Crippen molar-refractivity contribution in [3.63, 3.8) is 0 Å². The van der Waals surface area contributed by atoms with Crippen molar-refractivity contribution in [2.75, 3.05) is 19.0 Å². The number of aromatic nitrogens is 1.